The van der Waals surface area contributed by atoms with Crippen LogP contribution in [0.25, 0.3) is 0 Å². The number of likely N-dealkylation sites (tertiary alicyclic amines) is 1. The molecular weight excluding hydrogens is 368 g/mol. The summed E-state index contributed by atoms with van der Waals surface area (Å²) in [6, 6.07) is 14.2. The van der Waals surface area contributed by atoms with Crippen LogP contribution in [0, 0.1) is 12.8 Å². The third-order valence-corrected chi connectivity index (χ3v) is 6.70. The smallest absolute Gasteiger partial charge is 0.260 e. The fraction of sp³-hybridized carbons (Fsp3) is 0.458. The number of carbonyl (C=O) groups excluding carboxylic acids is 1. The molecule has 0 saturated carbocycles. The van der Waals surface area contributed by atoms with Crippen LogP contribution in [0.4, 0.5) is 5.69 Å². The van der Waals surface area contributed by atoms with Crippen molar-refractivity contribution in [3.63, 3.8) is 0 Å². The number of carbonyl (C=O) groups is 1. The molecule has 2 aromatic carbocycles. The average molecular weight is 398 g/mol. The molecule has 2 aromatic rings. The zero-order valence-corrected chi connectivity index (χ0v) is 18.0. The Kier molecular flexibility index (Phi) is 5.01. The van der Waals surface area contributed by atoms with Gasteiger partial charge in [0.2, 0.25) is 0 Å². The number of hydrogen-bond acceptors (Lipinski definition) is 1. The molecule has 3 atom stereocenters. The van der Waals surface area contributed by atoms with Crippen LogP contribution in [0.3, 0.4) is 0 Å². The second-order valence-electron chi connectivity index (χ2n) is 9.28. The monoisotopic (exact) mass is 397 g/mol. The van der Waals surface area contributed by atoms with Crippen LogP contribution in [0.15, 0.2) is 42.5 Å². The molecule has 28 heavy (non-hydrogen) atoms. The van der Waals surface area contributed by atoms with Crippen molar-refractivity contribution in [2.75, 3.05) is 31.6 Å². The zero-order valence-electron chi connectivity index (χ0n) is 17.3. The second kappa shape index (κ2) is 7.20. The van der Waals surface area contributed by atoms with Crippen molar-refractivity contribution in [1.29, 1.82) is 0 Å². The Morgan fingerprint density at radius 1 is 1.25 bits per heavy atom. The lowest BCUT2D eigenvalue weighted by Crippen LogP contribution is -2.57. The van der Waals surface area contributed by atoms with Gasteiger partial charge >= 0.3 is 0 Å². The summed E-state index contributed by atoms with van der Waals surface area (Å²) in [5.74, 6) is 1.09. The summed E-state index contributed by atoms with van der Waals surface area (Å²) in [5, 5.41) is 0.529. The Bertz CT molecular complexity index is 909. The number of quaternary nitrogens is 1. The molecule has 0 spiro atoms. The van der Waals surface area contributed by atoms with E-state index in [1.807, 2.05) is 23.1 Å². The van der Waals surface area contributed by atoms with Gasteiger partial charge in [0.15, 0.2) is 0 Å². The van der Waals surface area contributed by atoms with Crippen LogP contribution in [0.5, 0.6) is 0 Å². The fourth-order valence-electron chi connectivity index (χ4n) is 5.39. The lowest BCUT2D eigenvalue weighted by molar-refractivity contribution is -0.918. The van der Waals surface area contributed by atoms with E-state index in [4.69, 9.17) is 11.6 Å². The van der Waals surface area contributed by atoms with Crippen LogP contribution >= 0.6 is 11.6 Å². The molecule has 4 rings (SSSR count). The minimum absolute atomic E-state index is 0.0307. The summed E-state index contributed by atoms with van der Waals surface area (Å²) in [7, 11) is 2.38. The maximum atomic E-state index is 13.5. The quantitative estimate of drug-likeness (QED) is 0.646. The van der Waals surface area contributed by atoms with E-state index in [0.29, 0.717) is 22.4 Å². The number of hydrogen-bond donors (Lipinski definition) is 0. The van der Waals surface area contributed by atoms with Gasteiger partial charge in [-0.05, 0) is 30.7 Å². The fourth-order valence-corrected chi connectivity index (χ4v) is 5.60. The predicted molar refractivity (Wildman–Crippen MR) is 116 cm³/mol. The van der Waals surface area contributed by atoms with E-state index >= 15 is 0 Å². The zero-order chi connectivity index (χ0) is 20.1. The van der Waals surface area contributed by atoms with Crippen LogP contribution in [-0.2, 0) is 0 Å². The number of benzene rings is 2. The number of fused-ring (bicyclic) bond motifs is 3. The maximum Gasteiger partial charge on any atom is 0.260 e. The second-order valence-corrected chi connectivity index (χ2v) is 9.69. The van der Waals surface area contributed by atoms with E-state index in [0.717, 1.165) is 29.7 Å². The number of anilines is 1. The molecule has 1 amide bonds. The topological polar surface area (TPSA) is 20.3 Å². The molecule has 0 aliphatic carbocycles. The van der Waals surface area contributed by atoms with Crippen molar-refractivity contribution in [3.05, 3.63) is 64.2 Å². The van der Waals surface area contributed by atoms with Gasteiger partial charge in [0.25, 0.3) is 5.91 Å². The summed E-state index contributed by atoms with van der Waals surface area (Å²) < 4.78 is 1.08. The third kappa shape index (κ3) is 3.35. The number of piperidine rings is 1. The first-order chi connectivity index (χ1) is 13.3. The van der Waals surface area contributed by atoms with Crippen LogP contribution in [0.1, 0.15) is 47.7 Å². The SMILES string of the molecule is Cc1ccc2c(c1)[C@H]1C[N+](C)(CC(C)C)CC[C@H]1N2C(=O)c1ccccc1Cl. The van der Waals surface area contributed by atoms with Crippen LogP contribution < -0.4 is 4.90 Å². The van der Waals surface area contributed by atoms with Gasteiger partial charge < -0.3 is 9.38 Å². The van der Waals surface area contributed by atoms with Gasteiger partial charge in [-0.2, -0.15) is 0 Å². The first kappa shape index (κ1) is 19.5. The van der Waals surface area contributed by atoms with Gasteiger partial charge in [0, 0.05) is 18.0 Å². The highest BCUT2D eigenvalue weighted by Gasteiger charge is 2.49. The van der Waals surface area contributed by atoms with E-state index in [2.05, 4.69) is 46.0 Å². The summed E-state index contributed by atoms with van der Waals surface area (Å²) in [4.78, 5) is 15.6. The first-order valence-electron chi connectivity index (χ1n) is 10.3. The number of nitrogens with zero attached hydrogens (tertiary/aromatic N) is 2. The minimum Gasteiger partial charge on any atom is -0.325 e. The number of likely N-dealkylation sites (N-methyl/N-ethyl adjacent to an activating group) is 1. The molecule has 1 saturated heterocycles. The molecule has 148 valence electrons. The summed E-state index contributed by atoms with van der Waals surface area (Å²) >= 11 is 6.38. The number of amides is 1. The Morgan fingerprint density at radius 2 is 2.00 bits per heavy atom. The summed E-state index contributed by atoms with van der Waals surface area (Å²) in [6.45, 7) is 10.1. The van der Waals surface area contributed by atoms with Gasteiger partial charge in [-0.25, -0.2) is 0 Å². The molecule has 0 bridgehead atoms. The van der Waals surface area contributed by atoms with E-state index in [9.17, 15) is 4.79 Å². The maximum absolute atomic E-state index is 13.5. The molecule has 3 nitrogen and oxygen atoms in total. The largest absolute Gasteiger partial charge is 0.325 e. The van der Waals surface area contributed by atoms with Gasteiger partial charge in [-0.15, -0.1) is 0 Å². The highest BCUT2D eigenvalue weighted by atomic mass is 35.5. The Labute approximate surface area is 173 Å². The standard InChI is InChI=1S/C24H30ClN2O/c1-16(2)14-27(4)12-11-23-20(15-27)19-13-17(3)9-10-22(19)26(23)24(28)18-7-5-6-8-21(18)25/h5-10,13,16,20,23H,11-12,14-15H2,1-4H3/q+1/t20-,23-,27?/m1/s1. The Balaban J connectivity index is 1.74. The highest BCUT2D eigenvalue weighted by molar-refractivity contribution is 6.34. The van der Waals surface area contributed by atoms with Crippen molar-refractivity contribution < 1.29 is 9.28 Å². The lowest BCUT2D eigenvalue weighted by atomic mass is 9.86. The number of rotatable bonds is 3. The van der Waals surface area contributed by atoms with Crippen LogP contribution in [-0.4, -0.2) is 43.1 Å². The highest BCUT2D eigenvalue weighted by Crippen LogP contribution is 2.47. The summed E-state index contributed by atoms with van der Waals surface area (Å²) in [5.41, 5.74) is 4.26. The normalized spacial score (nSPS) is 26.3. The molecule has 4 heteroatoms. The molecule has 1 unspecified atom stereocenters. The van der Waals surface area contributed by atoms with Crippen molar-refractivity contribution in [2.24, 2.45) is 5.92 Å². The predicted octanol–water partition coefficient (Wildman–Crippen LogP) is 5.27. The molecule has 0 radical (unpaired) electrons. The van der Waals surface area contributed by atoms with Crippen molar-refractivity contribution in [3.8, 4) is 0 Å². The first-order valence-corrected chi connectivity index (χ1v) is 10.7. The lowest BCUT2D eigenvalue weighted by Gasteiger charge is -2.45. The number of halogens is 1. The van der Waals surface area contributed by atoms with Crippen molar-refractivity contribution >= 4 is 23.2 Å². The van der Waals surface area contributed by atoms with Crippen molar-refractivity contribution in [2.45, 2.75) is 39.2 Å². The van der Waals surface area contributed by atoms with E-state index in [-0.39, 0.29) is 11.9 Å². The third-order valence-electron chi connectivity index (χ3n) is 6.37. The van der Waals surface area contributed by atoms with Crippen LogP contribution in [0.2, 0.25) is 5.02 Å². The van der Waals surface area contributed by atoms with E-state index < -0.39 is 0 Å². The molecule has 2 aliphatic heterocycles. The van der Waals surface area contributed by atoms with Gasteiger partial charge in [-0.1, -0.05) is 55.3 Å². The van der Waals surface area contributed by atoms with E-state index in [1.54, 1.807) is 6.07 Å². The number of aryl methyl sites for hydroxylation is 1. The molecule has 0 N–H and O–H groups in total. The molecule has 2 aliphatic rings. The molecule has 0 aromatic heterocycles. The Morgan fingerprint density at radius 3 is 2.71 bits per heavy atom. The van der Waals surface area contributed by atoms with Gasteiger partial charge in [0.05, 0.1) is 49.2 Å². The average Bonchev–Trinajstić information content (AvgIpc) is 2.93. The minimum atomic E-state index is 0.0307. The summed E-state index contributed by atoms with van der Waals surface area (Å²) in [6.07, 6.45) is 1.03. The van der Waals surface area contributed by atoms with Gasteiger partial charge in [-0.3, -0.25) is 4.79 Å². The van der Waals surface area contributed by atoms with E-state index in [1.165, 1.54) is 17.7 Å². The Hall–Kier alpha value is -1.84. The molecule has 1 fully saturated rings. The van der Waals surface area contributed by atoms with Crippen molar-refractivity contribution in [1.82, 2.24) is 0 Å². The molecule has 2 heterocycles. The molecular formula is C24H30ClN2O+. The van der Waals surface area contributed by atoms with Gasteiger partial charge in [0.1, 0.15) is 0 Å².